The van der Waals surface area contributed by atoms with Crippen molar-refractivity contribution in [2.24, 2.45) is 51.2 Å². The van der Waals surface area contributed by atoms with Gasteiger partial charge in [0, 0.05) is 5.54 Å². The van der Waals surface area contributed by atoms with Crippen LogP contribution in [0.5, 0.6) is 0 Å². The van der Waals surface area contributed by atoms with Crippen molar-refractivity contribution in [2.45, 2.75) is 111 Å². The maximum atomic E-state index is 13.6. The van der Waals surface area contributed by atoms with Gasteiger partial charge in [0.1, 0.15) is 0 Å². The quantitative estimate of drug-likeness (QED) is 0.299. The predicted octanol–water partition coefficient (Wildman–Crippen LogP) is 8.86. The molecule has 1 aromatic carbocycles. The van der Waals surface area contributed by atoms with Crippen LogP contribution in [0.3, 0.4) is 0 Å². The molecule has 7 rings (SSSR count). The van der Waals surface area contributed by atoms with E-state index >= 15 is 0 Å². The minimum Gasteiger partial charge on any atom is -0.478 e. The van der Waals surface area contributed by atoms with Gasteiger partial charge in [-0.3, -0.25) is 9.69 Å². The fourth-order valence-electron chi connectivity index (χ4n) is 13.5. The van der Waals surface area contributed by atoms with E-state index in [0.29, 0.717) is 35.2 Å². The highest BCUT2D eigenvalue weighted by Gasteiger charge is 2.70. The molecule has 4 saturated carbocycles. The molecule has 0 radical (unpaired) electrons. The first-order valence-electron chi connectivity index (χ1n) is 18.5. The van der Waals surface area contributed by atoms with Gasteiger partial charge in [-0.1, -0.05) is 65.0 Å². The number of carbonyl (C=O) groups excluding carboxylic acids is 1. The van der Waals surface area contributed by atoms with Crippen LogP contribution in [-0.4, -0.2) is 53.0 Å². The van der Waals surface area contributed by atoms with Gasteiger partial charge in [-0.15, -0.1) is 0 Å². The van der Waals surface area contributed by atoms with Crippen molar-refractivity contribution in [1.29, 1.82) is 0 Å². The van der Waals surface area contributed by atoms with Gasteiger partial charge in [-0.05, 0) is 139 Å². The van der Waals surface area contributed by atoms with E-state index in [1.54, 1.807) is 17.0 Å². The van der Waals surface area contributed by atoms with Gasteiger partial charge >= 0.3 is 5.97 Å². The molecule has 0 spiro atoms. The zero-order valence-electron chi connectivity index (χ0n) is 29.9. The molecule has 48 heavy (non-hydrogen) atoms. The highest BCUT2D eigenvalue weighted by Crippen LogP contribution is 2.76. The Morgan fingerprint density at radius 3 is 2.23 bits per heavy atom. The SMILES string of the molecule is C=C(C)[C@@H]1CC[C@]2(NC(=O)CN3CC(F)(F)C3)CC[C@]3(C)[C@H](CCC4[C@@]5(C)CC=C(c6ccc(C(=O)O)cc6)C(C)(C)C5CC[C@]43C)C12. The molecule has 0 aromatic heterocycles. The van der Waals surface area contributed by atoms with Crippen LogP contribution in [0.1, 0.15) is 115 Å². The van der Waals surface area contributed by atoms with Crippen molar-refractivity contribution in [3.05, 3.63) is 53.6 Å². The van der Waals surface area contributed by atoms with E-state index < -0.39 is 11.9 Å². The molecule has 5 nitrogen and oxygen atoms in total. The summed E-state index contributed by atoms with van der Waals surface area (Å²) in [6.45, 7) is 18.7. The number of likely N-dealkylation sites (tertiary alicyclic amines) is 1. The summed E-state index contributed by atoms with van der Waals surface area (Å²) in [5, 5.41) is 13.0. The van der Waals surface area contributed by atoms with Crippen LogP contribution in [0.2, 0.25) is 0 Å². The van der Waals surface area contributed by atoms with Gasteiger partial charge in [-0.25, -0.2) is 13.6 Å². The molecular weight excluding hydrogens is 606 g/mol. The molecular formula is C41H56F2N2O3. The van der Waals surface area contributed by atoms with Crippen LogP contribution < -0.4 is 5.32 Å². The lowest BCUT2D eigenvalue weighted by Crippen LogP contribution is -2.69. The number of nitrogens with zero attached hydrogens (tertiary/aromatic N) is 1. The van der Waals surface area contributed by atoms with Gasteiger partial charge in [0.2, 0.25) is 5.91 Å². The number of benzene rings is 1. The number of allylic oxidation sites excluding steroid dienone is 3. The van der Waals surface area contributed by atoms with Crippen LogP contribution in [0.25, 0.3) is 5.57 Å². The Hall–Kier alpha value is -2.54. The second kappa shape index (κ2) is 11.0. The normalized spacial score (nSPS) is 42.6. The van der Waals surface area contributed by atoms with Gasteiger partial charge < -0.3 is 10.4 Å². The van der Waals surface area contributed by atoms with E-state index in [9.17, 15) is 23.5 Å². The van der Waals surface area contributed by atoms with E-state index in [0.717, 1.165) is 44.1 Å². The summed E-state index contributed by atoms with van der Waals surface area (Å²) in [6, 6.07) is 7.45. The summed E-state index contributed by atoms with van der Waals surface area (Å²) in [5.41, 5.74) is 4.13. The molecule has 6 aliphatic rings. The van der Waals surface area contributed by atoms with E-state index in [1.807, 2.05) is 12.1 Å². The molecule has 262 valence electrons. The molecule has 5 fully saturated rings. The van der Waals surface area contributed by atoms with Crippen molar-refractivity contribution >= 4 is 17.4 Å². The Bertz CT molecular complexity index is 1540. The van der Waals surface area contributed by atoms with E-state index in [4.69, 9.17) is 0 Å². The summed E-state index contributed by atoms with van der Waals surface area (Å²) in [7, 11) is 0. The molecule has 1 aromatic rings. The zero-order chi connectivity index (χ0) is 34.7. The lowest BCUT2D eigenvalue weighted by atomic mass is 9.33. The minimum absolute atomic E-state index is 0.0419. The van der Waals surface area contributed by atoms with Gasteiger partial charge in [-0.2, -0.15) is 0 Å². The van der Waals surface area contributed by atoms with Crippen molar-refractivity contribution in [3.63, 3.8) is 0 Å². The van der Waals surface area contributed by atoms with Crippen LogP contribution >= 0.6 is 0 Å². The minimum atomic E-state index is -2.67. The van der Waals surface area contributed by atoms with Crippen LogP contribution in [0, 0.1) is 51.2 Å². The first-order valence-corrected chi connectivity index (χ1v) is 18.5. The number of alkyl halides is 2. The molecule has 5 aliphatic carbocycles. The summed E-state index contributed by atoms with van der Waals surface area (Å²) < 4.78 is 27.1. The van der Waals surface area contributed by atoms with Crippen LogP contribution in [0.15, 0.2) is 42.5 Å². The topological polar surface area (TPSA) is 69.6 Å². The average Bonchev–Trinajstić information content (AvgIpc) is 3.36. The number of amides is 1. The Morgan fingerprint density at radius 2 is 1.60 bits per heavy atom. The number of hydrogen-bond acceptors (Lipinski definition) is 3. The Balaban J connectivity index is 1.18. The highest BCUT2D eigenvalue weighted by molar-refractivity contribution is 5.88. The number of carbonyl (C=O) groups is 2. The Morgan fingerprint density at radius 1 is 0.917 bits per heavy atom. The third-order valence-electron chi connectivity index (χ3n) is 15.8. The van der Waals surface area contributed by atoms with Crippen molar-refractivity contribution in [3.8, 4) is 0 Å². The first kappa shape index (κ1) is 33.9. The largest absolute Gasteiger partial charge is 0.478 e. The number of fused-ring (bicyclic) bond motifs is 7. The van der Waals surface area contributed by atoms with E-state index in [2.05, 4.69) is 59.5 Å². The zero-order valence-corrected chi connectivity index (χ0v) is 29.9. The lowest BCUT2D eigenvalue weighted by molar-refractivity contribution is -0.219. The van der Waals surface area contributed by atoms with Crippen LogP contribution in [-0.2, 0) is 4.79 Å². The first-order chi connectivity index (χ1) is 22.4. The summed E-state index contributed by atoms with van der Waals surface area (Å²) >= 11 is 0. The third kappa shape index (κ3) is 4.82. The predicted molar refractivity (Wildman–Crippen MR) is 186 cm³/mol. The number of halogens is 2. The highest BCUT2D eigenvalue weighted by atomic mass is 19.3. The van der Waals surface area contributed by atoms with Crippen molar-refractivity contribution in [1.82, 2.24) is 10.2 Å². The fourth-order valence-corrected chi connectivity index (χ4v) is 13.5. The number of aromatic carboxylic acids is 1. The number of carboxylic acids is 1. The third-order valence-corrected chi connectivity index (χ3v) is 15.8. The van der Waals surface area contributed by atoms with Crippen LogP contribution in [0.4, 0.5) is 8.78 Å². The summed E-state index contributed by atoms with van der Waals surface area (Å²) in [6.07, 6.45) is 12.2. The smallest absolute Gasteiger partial charge is 0.335 e. The molecule has 7 heteroatoms. The van der Waals surface area contributed by atoms with E-state index in [1.165, 1.54) is 30.4 Å². The number of hydrogen-bond donors (Lipinski definition) is 2. The Kier molecular flexibility index (Phi) is 7.76. The fraction of sp³-hybridized carbons (Fsp3) is 0.707. The van der Waals surface area contributed by atoms with Gasteiger partial charge in [0.05, 0.1) is 25.2 Å². The van der Waals surface area contributed by atoms with Gasteiger partial charge in [0.15, 0.2) is 0 Å². The maximum absolute atomic E-state index is 13.6. The monoisotopic (exact) mass is 662 g/mol. The molecule has 9 atom stereocenters. The van der Waals surface area contributed by atoms with Gasteiger partial charge in [0.25, 0.3) is 5.92 Å². The molecule has 1 saturated heterocycles. The molecule has 3 unspecified atom stereocenters. The maximum Gasteiger partial charge on any atom is 0.335 e. The van der Waals surface area contributed by atoms with Crippen molar-refractivity contribution in [2.75, 3.05) is 19.6 Å². The summed E-state index contributed by atoms with van der Waals surface area (Å²) in [5.74, 6) is -1.41. The molecule has 0 bridgehead atoms. The lowest BCUT2D eigenvalue weighted by Gasteiger charge is -2.72. The molecule has 1 amide bonds. The Labute approximate surface area is 286 Å². The van der Waals surface area contributed by atoms with E-state index in [-0.39, 0.29) is 52.7 Å². The number of carboxylic acid groups (broad SMARTS) is 1. The number of nitrogens with one attached hydrogen (secondary N) is 1. The number of rotatable bonds is 6. The second-order valence-corrected chi connectivity index (χ2v) is 18.3. The molecule has 1 aliphatic heterocycles. The second-order valence-electron chi connectivity index (χ2n) is 18.3. The standard InChI is InChI=1S/C41H56F2N2O3/c1-25(2)28-14-19-40(44-33(46)22-45-23-41(42,43)24-45)21-20-38(6)30(34(28)40)12-13-32-37(5)17-15-29(26-8-10-27(11-9-26)35(47)48)36(3,4)31(37)16-18-39(32,38)7/h8-11,15,28,30-32,34H,1,12-14,16-24H2,2-7H3,(H,44,46)(H,47,48)/t28-,30+,31?,32?,34?,37-,38+,39+,40-/m0/s1. The molecule has 1 heterocycles. The summed E-state index contributed by atoms with van der Waals surface area (Å²) in [4.78, 5) is 26.5. The molecule has 2 N–H and O–H groups in total. The van der Waals surface area contributed by atoms with Crippen molar-refractivity contribution < 1.29 is 23.5 Å². The average molecular weight is 663 g/mol.